The summed E-state index contributed by atoms with van der Waals surface area (Å²) in [5.41, 5.74) is 0.165. The van der Waals surface area contributed by atoms with Gasteiger partial charge in [0.15, 0.2) is 5.13 Å². The lowest BCUT2D eigenvalue weighted by Gasteiger charge is -2.43. The lowest BCUT2D eigenvalue weighted by Crippen LogP contribution is -2.49. The molecule has 3 rings (SSSR count). The summed E-state index contributed by atoms with van der Waals surface area (Å²) in [6.45, 7) is 7.36. The maximum absolute atomic E-state index is 13.6. The lowest BCUT2D eigenvalue weighted by molar-refractivity contribution is -0.0950. The molecule has 1 aromatic heterocycles. The lowest BCUT2D eigenvalue weighted by atomic mass is 9.85. The molecular formula is C16H22FNO3S. The molecule has 1 spiro atoms. The molecule has 1 aromatic rings. The number of likely N-dealkylation sites (tertiary alicyclic amines) is 1. The summed E-state index contributed by atoms with van der Waals surface area (Å²) in [6, 6.07) is 1.63. The van der Waals surface area contributed by atoms with Gasteiger partial charge in [-0.2, -0.15) is 4.39 Å². The Hall–Kier alpha value is -1.14. The van der Waals surface area contributed by atoms with Gasteiger partial charge in [0.25, 0.3) is 0 Å². The standard InChI is InChI=1S/C16H22FNO3S/c1-15(2,3)21-14(19)18-7-5-16(6-8-18)13-11(4-9-20-16)10-12(17)22-13/h10H,4-9H2,1-3H3. The number of hydrogen-bond acceptors (Lipinski definition) is 4. The van der Waals surface area contributed by atoms with Crippen LogP contribution in [-0.2, 0) is 21.5 Å². The Morgan fingerprint density at radius 2 is 2.09 bits per heavy atom. The monoisotopic (exact) mass is 327 g/mol. The molecule has 0 aliphatic carbocycles. The van der Waals surface area contributed by atoms with Gasteiger partial charge in [-0.05, 0) is 51.7 Å². The van der Waals surface area contributed by atoms with E-state index in [2.05, 4.69) is 0 Å². The van der Waals surface area contributed by atoms with Crippen molar-refractivity contribution >= 4 is 17.4 Å². The summed E-state index contributed by atoms with van der Waals surface area (Å²) in [4.78, 5) is 14.9. The first-order valence-corrected chi connectivity index (χ1v) is 8.51. The van der Waals surface area contributed by atoms with Crippen molar-refractivity contribution in [3.05, 3.63) is 21.6 Å². The van der Waals surface area contributed by atoms with Crippen LogP contribution in [0.1, 0.15) is 44.1 Å². The molecule has 0 N–H and O–H groups in total. The van der Waals surface area contributed by atoms with Crippen LogP contribution >= 0.6 is 11.3 Å². The van der Waals surface area contributed by atoms with E-state index < -0.39 is 11.2 Å². The number of rotatable bonds is 0. The predicted molar refractivity (Wildman–Crippen MR) is 82.7 cm³/mol. The zero-order valence-corrected chi connectivity index (χ0v) is 14.1. The number of carbonyl (C=O) groups is 1. The zero-order chi connectivity index (χ0) is 16.0. The fraction of sp³-hybridized carbons (Fsp3) is 0.688. The van der Waals surface area contributed by atoms with Gasteiger partial charge in [-0.1, -0.05) is 0 Å². The van der Waals surface area contributed by atoms with E-state index in [1.54, 1.807) is 11.0 Å². The average molecular weight is 327 g/mol. The van der Waals surface area contributed by atoms with Crippen molar-refractivity contribution in [2.24, 2.45) is 0 Å². The summed E-state index contributed by atoms with van der Waals surface area (Å²) in [5, 5.41) is -0.149. The summed E-state index contributed by atoms with van der Waals surface area (Å²) in [5.74, 6) is 0. The number of ether oxygens (including phenoxy) is 2. The van der Waals surface area contributed by atoms with Crippen LogP contribution in [0.25, 0.3) is 0 Å². The Bertz CT molecular complexity index is 570. The number of carbonyl (C=O) groups excluding carboxylic acids is 1. The van der Waals surface area contributed by atoms with Crippen molar-refractivity contribution < 1.29 is 18.7 Å². The highest BCUT2D eigenvalue weighted by atomic mass is 32.1. The summed E-state index contributed by atoms with van der Waals surface area (Å²) >= 11 is 1.19. The minimum atomic E-state index is -0.488. The van der Waals surface area contributed by atoms with Crippen molar-refractivity contribution in [1.82, 2.24) is 4.90 Å². The van der Waals surface area contributed by atoms with Crippen molar-refractivity contribution in [3.63, 3.8) is 0 Å². The SMILES string of the molecule is CC(C)(C)OC(=O)N1CCC2(CC1)OCCc1cc(F)sc12. The molecule has 22 heavy (non-hydrogen) atoms. The first-order chi connectivity index (χ1) is 10.3. The maximum Gasteiger partial charge on any atom is 0.410 e. The predicted octanol–water partition coefficient (Wildman–Crippen LogP) is 3.69. The Kier molecular flexibility index (Phi) is 3.93. The normalized spacial score (nSPS) is 20.8. The molecule has 2 aliphatic rings. The van der Waals surface area contributed by atoms with Crippen molar-refractivity contribution in [1.29, 1.82) is 0 Å². The molecule has 1 amide bonds. The van der Waals surface area contributed by atoms with Crippen LogP contribution in [0.3, 0.4) is 0 Å². The number of halogens is 1. The highest BCUT2D eigenvalue weighted by Crippen LogP contribution is 2.45. The molecule has 0 bridgehead atoms. The molecule has 4 nitrogen and oxygen atoms in total. The maximum atomic E-state index is 13.6. The van der Waals surface area contributed by atoms with Gasteiger partial charge in [0, 0.05) is 18.0 Å². The number of piperidine rings is 1. The number of hydrogen-bond donors (Lipinski definition) is 0. The minimum absolute atomic E-state index is 0.149. The van der Waals surface area contributed by atoms with E-state index in [4.69, 9.17) is 9.47 Å². The quantitative estimate of drug-likeness (QED) is 0.729. The molecule has 2 aliphatic heterocycles. The largest absolute Gasteiger partial charge is 0.444 e. The number of amides is 1. The van der Waals surface area contributed by atoms with Crippen LogP contribution in [-0.4, -0.2) is 36.3 Å². The molecule has 0 atom stereocenters. The van der Waals surface area contributed by atoms with Crippen LogP contribution in [0.15, 0.2) is 6.07 Å². The average Bonchev–Trinajstić information content (AvgIpc) is 2.80. The van der Waals surface area contributed by atoms with Crippen LogP contribution in [0.4, 0.5) is 9.18 Å². The van der Waals surface area contributed by atoms with E-state index in [1.165, 1.54) is 11.3 Å². The van der Waals surface area contributed by atoms with Crippen LogP contribution in [0.2, 0.25) is 0 Å². The Labute approximate surface area is 134 Å². The van der Waals surface area contributed by atoms with Crippen molar-refractivity contribution in [2.75, 3.05) is 19.7 Å². The van der Waals surface area contributed by atoms with E-state index in [-0.39, 0.29) is 11.2 Å². The Morgan fingerprint density at radius 3 is 2.73 bits per heavy atom. The minimum Gasteiger partial charge on any atom is -0.444 e. The zero-order valence-electron chi connectivity index (χ0n) is 13.3. The first-order valence-electron chi connectivity index (χ1n) is 7.70. The highest BCUT2D eigenvalue weighted by Gasteiger charge is 2.43. The van der Waals surface area contributed by atoms with Gasteiger partial charge < -0.3 is 14.4 Å². The second kappa shape index (κ2) is 5.49. The van der Waals surface area contributed by atoms with E-state index >= 15 is 0 Å². The van der Waals surface area contributed by atoms with E-state index in [9.17, 15) is 9.18 Å². The molecule has 3 heterocycles. The second-order valence-electron chi connectivity index (χ2n) is 6.97. The molecule has 1 saturated heterocycles. The molecule has 1 fully saturated rings. The molecule has 0 unspecified atom stereocenters. The number of fused-ring (bicyclic) bond motifs is 2. The second-order valence-corrected chi connectivity index (χ2v) is 7.97. The smallest absolute Gasteiger partial charge is 0.410 e. The van der Waals surface area contributed by atoms with Crippen LogP contribution in [0.5, 0.6) is 0 Å². The molecule has 0 aromatic carbocycles. The summed E-state index contributed by atoms with van der Waals surface area (Å²) in [6.07, 6.45) is 1.88. The summed E-state index contributed by atoms with van der Waals surface area (Å²) in [7, 11) is 0. The van der Waals surface area contributed by atoms with E-state index in [1.807, 2.05) is 20.8 Å². The van der Waals surface area contributed by atoms with Gasteiger partial charge in [-0.3, -0.25) is 0 Å². The third kappa shape index (κ3) is 2.99. The summed E-state index contributed by atoms with van der Waals surface area (Å²) < 4.78 is 25.1. The van der Waals surface area contributed by atoms with Gasteiger partial charge in [-0.25, -0.2) is 4.79 Å². The Balaban J connectivity index is 1.71. The van der Waals surface area contributed by atoms with E-state index in [0.29, 0.717) is 32.5 Å². The van der Waals surface area contributed by atoms with Gasteiger partial charge in [0.2, 0.25) is 0 Å². The van der Waals surface area contributed by atoms with Gasteiger partial charge in [0.1, 0.15) is 11.2 Å². The van der Waals surface area contributed by atoms with E-state index in [0.717, 1.165) is 16.9 Å². The molecule has 0 saturated carbocycles. The fourth-order valence-corrected chi connectivity index (χ4v) is 4.27. The number of thiophene rings is 1. The first kappa shape index (κ1) is 15.7. The molecule has 6 heteroatoms. The van der Waals surface area contributed by atoms with Crippen LogP contribution in [0, 0.1) is 5.13 Å². The molecule has 0 radical (unpaired) electrons. The van der Waals surface area contributed by atoms with Gasteiger partial charge in [0.05, 0.1) is 6.61 Å². The van der Waals surface area contributed by atoms with Crippen LogP contribution < -0.4 is 0 Å². The van der Waals surface area contributed by atoms with Gasteiger partial charge >= 0.3 is 6.09 Å². The third-order valence-electron chi connectivity index (χ3n) is 4.17. The molecular weight excluding hydrogens is 305 g/mol. The number of nitrogens with zero attached hydrogens (tertiary/aromatic N) is 1. The molecule has 122 valence electrons. The van der Waals surface area contributed by atoms with Crippen molar-refractivity contribution in [3.8, 4) is 0 Å². The highest BCUT2D eigenvalue weighted by molar-refractivity contribution is 7.10. The third-order valence-corrected chi connectivity index (χ3v) is 5.32. The van der Waals surface area contributed by atoms with Crippen molar-refractivity contribution in [2.45, 2.75) is 51.2 Å². The fourth-order valence-electron chi connectivity index (χ4n) is 3.14. The Morgan fingerprint density at radius 1 is 1.41 bits per heavy atom. The topological polar surface area (TPSA) is 38.8 Å². The van der Waals surface area contributed by atoms with Gasteiger partial charge in [-0.15, -0.1) is 11.3 Å².